The third kappa shape index (κ3) is 4.30. The molecule has 0 spiro atoms. The Morgan fingerprint density at radius 1 is 0.938 bits per heavy atom. The van der Waals surface area contributed by atoms with Crippen LogP contribution in [-0.2, 0) is 5.60 Å². The number of benzene rings is 2. The van der Waals surface area contributed by atoms with Gasteiger partial charge in [-0.25, -0.2) is 0 Å². The molecule has 32 heavy (non-hydrogen) atoms. The quantitative estimate of drug-likeness (QED) is 0.485. The van der Waals surface area contributed by atoms with Gasteiger partial charge in [-0.05, 0) is 49.2 Å². The van der Waals surface area contributed by atoms with Crippen molar-refractivity contribution in [1.82, 2.24) is 14.9 Å². The van der Waals surface area contributed by atoms with Crippen LogP contribution in [0.2, 0.25) is 0 Å². The molecule has 1 atom stereocenters. The standard InChI is InChI=1S/C26H27N3O3/c30-25(9-15-32-22-7-8-24-20(17-22)5-3-12-27-24)29-13-10-26(31,11-14-29)21-16-19-4-1-2-6-23(19)28-18-21/h1-8,12,16-18,25,30-31H,9-11,13-15H2. The van der Waals surface area contributed by atoms with Gasteiger partial charge in [0.2, 0.25) is 0 Å². The lowest BCUT2D eigenvalue weighted by atomic mass is 9.84. The Labute approximate surface area is 187 Å². The minimum absolute atomic E-state index is 0.419. The van der Waals surface area contributed by atoms with Gasteiger partial charge in [-0.1, -0.05) is 24.3 Å². The number of likely N-dealkylation sites (tertiary alicyclic amines) is 1. The van der Waals surface area contributed by atoms with Crippen molar-refractivity contribution in [3.8, 4) is 5.75 Å². The minimum atomic E-state index is -0.914. The Bertz CT molecular complexity index is 1220. The molecule has 1 aliphatic heterocycles. The monoisotopic (exact) mass is 429 g/mol. The molecule has 164 valence electrons. The number of hydrogen-bond donors (Lipinski definition) is 2. The average Bonchev–Trinajstić information content (AvgIpc) is 2.84. The van der Waals surface area contributed by atoms with Gasteiger partial charge in [-0.2, -0.15) is 0 Å². The lowest BCUT2D eigenvalue weighted by Crippen LogP contribution is -2.47. The topological polar surface area (TPSA) is 78.7 Å². The van der Waals surface area contributed by atoms with Gasteiger partial charge in [0.25, 0.3) is 0 Å². The molecule has 2 aromatic heterocycles. The van der Waals surface area contributed by atoms with Gasteiger partial charge in [0, 0.05) is 48.2 Å². The van der Waals surface area contributed by atoms with Crippen LogP contribution in [0.15, 0.2) is 73.1 Å². The van der Waals surface area contributed by atoms with Crippen molar-refractivity contribution in [1.29, 1.82) is 0 Å². The number of hydrogen-bond acceptors (Lipinski definition) is 6. The van der Waals surface area contributed by atoms with Crippen LogP contribution in [0.1, 0.15) is 24.8 Å². The largest absolute Gasteiger partial charge is 0.493 e. The van der Waals surface area contributed by atoms with E-state index in [0.717, 1.165) is 33.1 Å². The Kier molecular flexibility index (Phi) is 5.74. The van der Waals surface area contributed by atoms with E-state index in [4.69, 9.17) is 4.74 Å². The SMILES string of the molecule is OC(CCOc1ccc2ncccc2c1)N1CCC(O)(c2cnc3ccccc3c2)CC1. The second-order valence-corrected chi connectivity index (χ2v) is 8.46. The van der Waals surface area contributed by atoms with Crippen LogP contribution in [0, 0.1) is 0 Å². The third-order valence-electron chi connectivity index (χ3n) is 6.39. The van der Waals surface area contributed by atoms with Crippen LogP contribution in [0.4, 0.5) is 0 Å². The predicted molar refractivity (Wildman–Crippen MR) is 124 cm³/mol. The molecule has 5 rings (SSSR count). The molecule has 1 fully saturated rings. The van der Waals surface area contributed by atoms with E-state index in [1.54, 1.807) is 12.4 Å². The molecule has 6 heteroatoms. The van der Waals surface area contributed by atoms with Gasteiger partial charge in [-0.15, -0.1) is 0 Å². The zero-order chi connectivity index (χ0) is 22.0. The smallest absolute Gasteiger partial charge is 0.120 e. The zero-order valence-electron chi connectivity index (χ0n) is 17.9. The van der Waals surface area contributed by atoms with Crippen LogP contribution in [0.3, 0.4) is 0 Å². The maximum absolute atomic E-state index is 11.2. The van der Waals surface area contributed by atoms with Gasteiger partial charge in [0.1, 0.15) is 12.0 Å². The van der Waals surface area contributed by atoms with Crippen molar-refractivity contribution in [2.75, 3.05) is 19.7 Å². The number of para-hydroxylation sites is 1. The fraction of sp³-hybridized carbons (Fsp3) is 0.308. The molecule has 1 saturated heterocycles. The first kappa shape index (κ1) is 20.8. The highest BCUT2D eigenvalue weighted by Gasteiger charge is 2.36. The average molecular weight is 430 g/mol. The van der Waals surface area contributed by atoms with E-state index in [2.05, 4.69) is 9.97 Å². The van der Waals surface area contributed by atoms with Gasteiger partial charge in [0.15, 0.2) is 0 Å². The van der Waals surface area contributed by atoms with Crippen LogP contribution < -0.4 is 4.74 Å². The van der Waals surface area contributed by atoms with Crippen molar-refractivity contribution in [3.63, 3.8) is 0 Å². The summed E-state index contributed by atoms with van der Waals surface area (Å²) in [5.41, 5.74) is 1.79. The summed E-state index contributed by atoms with van der Waals surface area (Å²) < 4.78 is 5.85. The molecule has 2 N–H and O–H groups in total. The Morgan fingerprint density at radius 2 is 1.69 bits per heavy atom. The zero-order valence-corrected chi connectivity index (χ0v) is 17.9. The molecule has 0 radical (unpaired) electrons. The summed E-state index contributed by atoms with van der Waals surface area (Å²) >= 11 is 0. The third-order valence-corrected chi connectivity index (χ3v) is 6.39. The highest BCUT2D eigenvalue weighted by atomic mass is 16.5. The molecule has 3 heterocycles. The van der Waals surface area contributed by atoms with E-state index in [1.807, 2.05) is 65.6 Å². The Hall–Kier alpha value is -3.06. The molecular weight excluding hydrogens is 402 g/mol. The second-order valence-electron chi connectivity index (χ2n) is 8.46. The van der Waals surface area contributed by atoms with Crippen LogP contribution in [-0.4, -0.2) is 51.0 Å². The Balaban J connectivity index is 1.15. The molecule has 0 bridgehead atoms. The first-order chi connectivity index (χ1) is 15.6. The predicted octanol–water partition coefficient (Wildman–Crippen LogP) is 3.85. The lowest BCUT2D eigenvalue weighted by Gasteiger charge is -2.40. The number of aliphatic hydroxyl groups excluding tert-OH is 1. The summed E-state index contributed by atoms with van der Waals surface area (Å²) in [6.45, 7) is 1.65. The number of ether oxygens (including phenoxy) is 1. The van der Waals surface area contributed by atoms with Crippen LogP contribution in [0.5, 0.6) is 5.75 Å². The second kappa shape index (κ2) is 8.82. The Morgan fingerprint density at radius 3 is 2.56 bits per heavy atom. The molecule has 4 aromatic rings. The van der Waals surface area contributed by atoms with Crippen molar-refractivity contribution in [3.05, 3.63) is 78.6 Å². The summed E-state index contributed by atoms with van der Waals surface area (Å²) in [5, 5.41) is 23.9. The number of fused-ring (bicyclic) bond motifs is 2. The normalized spacial score (nSPS) is 17.4. The van der Waals surface area contributed by atoms with Crippen LogP contribution >= 0.6 is 0 Å². The van der Waals surface area contributed by atoms with Gasteiger partial charge >= 0.3 is 0 Å². The molecule has 2 aromatic carbocycles. The molecule has 1 aliphatic rings. The lowest BCUT2D eigenvalue weighted by molar-refractivity contribution is -0.0819. The van der Waals surface area contributed by atoms with E-state index in [1.165, 1.54) is 0 Å². The van der Waals surface area contributed by atoms with E-state index in [9.17, 15) is 10.2 Å². The molecule has 0 aliphatic carbocycles. The minimum Gasteiger partial charge on any atom is -0.493 e. The van der Waals surface area contributed by atoms with E-state index in [-0.39, 0.29) is 0 Å². The van der Waals surface area contributed by atoms with E-state index in [0.29, 0.717) is 39.0 Å². The summed E-state index contributed by atoms with van der Waals surface area (Å²) in [6, 6.07) is 19.7. The van der Waals surface area contributed by atoms with Crippen molar-refractivity contribution in [2.24, 2.45) is 0 Å². The summed E-state index contributed by atoms with van der Waals surface area (Å²) in [5.74, 6) is 0.773. The van der Waals surface area contributed by atoms with Crippen LogP contribution in [0.25, 0.3) is 21.8 Å². The van der Waals surface area contributed by atoms with Gasteiger partial charge < -0.3 is 14.9 Å². The van der Waals surface area contributed by atoms with Crippen molar-refractivity contribution < 1.29 is 14.9 Å². The summed E-state index contributed by atoms with van der Waals surface area (Å²) in [7, 11) is 0. The molecular formula is C26H27N3O3. The maximum atomic E-state index is 11.2. The first-order valence-electron chi connectivity index (χ1n) is 11.1. The van der Waals surface area contributed by atoms with Crippen molar-refractivity contribution >= 4 is 21.8 Å². The number of pyridine rings is 2. The van der Waals surface area contributed by atoms with E-state index < -0.39 is 11.8 Å². The maximum Gasteiger partial charge on any atom is 0.120 e. The highest BCUT2D eigenvalue weighted by Crippen LogP contribution is 2.34. The number of piperidine rings is 1. The fourth-order valence-electron chi connectivity index (χ4n) is 4.41. The highest BCUT2D eigenvalue weighted by molar-refractivity contribution is 5.80. The number of aliphatic hydroxyl groups is 2. The number of rotatable bonds is 6. The molecule has 1 unspecified atom stereocenters. The number of nitrogens with zero attached hydrogens (tertiary/aromatic N) is 3. The summed E-state index contributed by atoms with van der Waals surface area (Å²) in [6.07, 6.45) is 4.57. The van der Waals surface area contributed by atoms with Crippen molar-refractivity contribution in [2.45, 2.75) is 31.1 Å². The molecule has 0 saturated carbocycles. The summed E-state index contributed by atoms with van der Waals surface area (Å²) in [4.78, 5) is 10.8. The van der Waals surface area contributed by atoms with Gasteiger partial charge in [-0.3, -0.25) is 14.9 Å². The first-order valence-corrected chi connectivity index (χ1v) is 11.1. The van der Waals surface area contributed by atoms with Gasteiger partial charge in [0.05, 0.1) is 23.2 Å². The number of aromatic nitrogens is 2. The molecule has 0 amide bonds. The molecule has 6 nitrogen and oxygen atoms in total. The fourth-order valence-corrected chi connectivity index (χ4v) is 4.41. The van der Waals surface area contributed by atoms with E-state index >= 15 is 0 Å².